The summed E-state index contributed by atoms with van der Waals surface area (Å²) in [6.45, 7) is -1.61. The summed E-state index contributed by atoms with van der Waals surface area (Å²) in [5.41, 5.74) is 2.52. The van der Waals surface area contributed by atoms with Crippen molar-refractivity contribution in [1.82, 2.24) is 19.5 Å². The first-order chi connectivity index (χ1) is 17.4. The van der Waals surface area contributed by atoms with Crippen molar-refractivity contribution in [2.45, 2.75) is 30.0 Å². The van der Waals surface area contributed by atoms with Crippen LogP contribution < -0.4 is 5.73 Å². The second-order valence-electron chi connectivity index (χ2n) is 8.21. The van der Waals surface area contributed by atoms with Gasteiger partial charge in [0.25, 0.3) is 5.60 Å². The highest BCUT2D eigenvalue weighted by molar-refractivity contribution is 6.28. The second kappa shape index (κ2) is 9.51. The van der Waals surface area contributed by atoms with E-state index in [1.807, 2.05) is 0 Å². The van der Waals surface area contributed by atoms with E-state index in [0.717, 1.165) is 17.0 Å². The molecule has 1 aromatic carbocycles. The SMILES string of the molecule is Nc1nc(Cl)nc2c1ncn2[C@@]1(F)CO[C@H](COC(Cc2cccc(C(=O)O)c2)(C(=O)O)C(=O)O)[C@H]1O. The van der Waals surface area contributed by atoms with Crippen LogP contribution in [0.15, 0.2) is 30.6 Å². The van der Waals surface area contributed by atoms with Crippen LogP contribution in [0.2, 0.25) is 5.28 Å². The zero-order chi connectivity index (χ0) is 27.1. The average Bonchev–Trinajstić information content (AvgIpc) is 3.38. The number of fused-ring (bicyclic) bond motifs is 1. The lowest BCUT2D eigenvalue weighted by atomic mass is 9.93. The van der Waals surface area contributed by atoms with Crippen LogP contribution in [-0.2, 0) is 31.3 Å². The number of halogens is 2. The molecule has 3 heterocycles. The van der Waals surface area contributed by atoms with Gasteiger partial charge in [-0.15, -0.1) is 0 Å². The third-order valence-corrected chi connectivity index (χ3v) is 6.08. The number of aromatic carboxylic acids is 1. The number of nitrogens with two attached hydrogens (primary N) is 1. The summed E-state index contributed by atoms with van der Waals surface area (Å²) in [6.07, 6.45) is -3.28. The van der Waals surface area contributed by atoms with E-state index in [2.05, 4.69) is 15.0 Å². The van der Waals surface area contributed by atoms with Crippen LogP contribution in [-0.4, -0.2) is 88.9 Å². The molecule has 196 valence electrons. The van der Waals surface area contributed by atoms with Crippen LogP contribution in [0.3, 0.4) is 0 Å². The van der Waals surface area contributed by atoms with E-state index in [1.54, 1.807) is 0 Å². The Morgan fingerprint density at radius 3 is 2.62 bits per heavy atom. The Kier molecular flexibility index (Phi) is 6.72. The largest absolute Gasteiger partial charge is 0.479 e. The number of carbonyl (C=O) groups is 3. The summed E-state index contributed by atoms with van der Waals surface area (Å²) in [6, 6.07) is 4.98. The van der Waals surface area contributed by atoms with E-state index in [9.17, 15) is 29.7 Å². The average molecular weight is 540 g/mol. The quantitative estimate of drug-likeness (QED) is 0.183. The minimum absolute atomic E-state index is 0.00712. The lowest BCUT2D eigenvalue weighted by Crippen LogP contribution is -2.53. The number of nitrogens with zero attached hydrogens (tertiary/aromatic N) is 4. The predicted molar refractivity (Wildman–Crippen MR) is 121 cm³/mol. The summed E-state index contributed by atoms with van der Waals surface area (Å²) < 4.78 is 27.4. The third kappa shape index (κ3) is 4.53. The van der Waals surface area contributed by atoms with Crippen LogP contribution in [0.5, 0.6) is 0 Å². The second-order valence-corrected chi connectivity index (χ2v) is 8.55. The Hall–Kier alpha value is -3.92. The zero-order valence-corrected chi connectivity index (χ0v) is 19.4. The first-order valence-corrected chi connectivity index (χ1v) is 10.8. The van der Waals surface area contributed by atoms with Gasteiger partial charge in [0, 0.05) is 6.42 Å². The van der Waals surface area contributed by atoms with E-state index < -0.39 is 61.1 Å². The Balaban J connectivity index is 1.59. The van der Waals surface area contributed by atoms with Crippen LogP contribution >= 0.6 is 11.6 Å². The number of imidazole rings is 1. The monoisotopic (exact) mass is 539 g/mol. The fourth-order valence-electron chi connectivity index (χ4n) is 3.95. The van der Waals surface area contributed by atoms with E-state index in [0.29, 0.717) is 0 Å². The van der Waals surface area contributed by atoms with Crippen LogP contribution in [0.25, 0.3) is 11.2 Å². The van der Waals surface area contributed by atoms with Crippen molar-refractivity contribution in [2.75, 3.05) is 18.9 Å². The maximum absolute atomic E-state index is 16.0. The number of benzene rings is 1. The van der Waals surface area contributed by atoms with Crippen LogP contribution in [0.1, 0.15) is 15.9 Å². The van der Waals surface area contributed by atoms with Gasteiger partial charge in [0.05, 0.1) is 18.5 Å². The van der Waals surface area contributed by atoms with Crippen molar-refractivity contribution in [3.8, 4) is 0 Å². The van der Waals surface area contributed by atoms with E-state index in [4.69, 9.17) is 31.9 Å². The van der Waals surface area contributed by atoms with E-state index in [1.165, 1.54) is 18.2 Å². The molecular formula is C21H19ClFN5O9. The fraction of sp³-hybridized carbons (Fsp3) is 0.333. The Bertz CT molecular complexity index is 1390. The summed E-state index contributed by atoms with van der Waals surface area (Å²) in [7, 11) is 0. The first-order valence-electron chi connectivity index (χ1n) is 10.5. The van der Waals surface area contributed by atoms with Gasteiger partial charge in [-0.3, -0.25) is 4.57 Å². The van der Waals surface area contributed by atoms with E-state index >= 15 is 4.39 Å². The number of hydrogen-bond donors (Lipinski definition) is 5. The van der Waals surface area contributed by atoms with E-state index in [-0.39, 0.29) is 33.4 Å². The normalized spacial score (nSPS) is 21.8. The highest BCUT2D eigenvalue weighted by Crippen LogP contribution is 2.37. The van der Waals surface area contributed by atoms with Gasteiger partial charge in [-0.05, 0) is 29.3 Å². The molecule has 2 aromatic heterocycles. The highest BCUT2D eigenvalue weighted by Gasteiger charge is 2.55. The highest BCUT2D eigenvalue weighted by atomic mass is 35.5. The molecule has 1 saturated heterocycles. The van der Waals surface area contributed by atoms with Crippen LogP contribution in [0, 0.1) is 0 Å². The minimum Gasteiger partial charge on any atom is -0.479 e. The molecule has 4 rings (SSSR count). The maximum Gasteiger partial charge on any atom is 0.348 e. The van der Waals surface area contributed by atoms with Crippen molar-refractivity contribution in [3.05, 3.63) is 47.0 Å². The lowest BCUT2D eigenvalue weighted by molar-refractivity contribution is -0.188. The van der Waals surface area contributed by atoms with Gasteiger partial charge in [-0.1, -0.05) is 12.1 Å². The number of aromatic nitrogens is 4. The molecule has 37 heavy (non-hydrogen) atoms. The zero-order valence-electron chi connectivity index (χ0n) is 18.6. The fourth-order valence-corrected chi connectivity index (χ4v) is 4.12. The maximum atomic E-state index is 16.0. The molecular weight excluding hydrogens is 521 g/mol. The summed E-state index contributed by atoms with van der Waals surface area (Å²) in [4.78, 5) is 46.8. The topological polar surface area (TPSA) is 220 Å². The van der Waals surface area contributed by atoms with Crippen molar-refractivity contribution in [1.29, 1.82) is 0 Å². The number of nitrogen functional groups attached to an aromatic ring is 1. The number of aliphatic carboxylic acids is 2. The number of ether oxygens (including phenoxy) is 2. The standard InChI is InChI=1S/C21H19ClFN5O9/c22-19-26-14(24)12-15(27-19)28(8-25-12)21(23)7-36-11(13(21)29)6-37-20(17(32)33,18(34)35)5-9-2-1-3-10(4-9)16(30)31/h1-4,8,11,13,29H,5-7H2,(H,30,31)(H,32,33)(H,34,35)(H2,24,26,27)/t11-,13-,21+/m1/s1. The van der Waals surface area contributed by atoms with Gasteiger partial charge in [0.2, 0.25) is 11.1 Å². The van der Waals surface area contributed by atoms with Crippen molar-refractivity contribution in [2.24, 2.45) is 0 Å². The molecule has 0 amide bonds. The molecule has 0 bridgehead atoms. The number of anilines is 1. The van der Waals surface area contributed by atoms with Gasteiger partial charge < -0.3 is 35.6 Å². The van der Waals surface area contributed by atoms with Gasteiger partial charge in [-0.25, -0.2) is 23.8 Å². The number of aliphatic hydroxyl groups is 1. The summed E-state index contributed by atoms with van der Waals surface area (Å²) in [5, 5.41) is 39.1. The number of alkyl halides is 1. The number of hydrogen-bond acceptors (Lipinski definition) is 10. The molecule has 0 radical (unpaired) electrons. The minimum atomic E-state index is -2.90. The Morgan fingerprint density at radius 1 is 1.27 bits per heavy atom. The van der Waals surface area contributed by atoms with Crippen molar-refractivity contribution < 1.29 is 48.7 Å². The Morgan fingerprint density at radius 2 is 1.97 bits per heavy atom. The first kappa shape index (κ1) is 26.2. The van der Waals surface area contributed by atoms with Gasteiger partial charge >= 0.3 is 17.9 Å². The molecule has 1 fully saturated rings. The lowest BCUT2D eigenvalue weighted by Gasteiger charge is -2.29. The molecule has 0 aliphatic carbocycles. The molecule has 3 aromatic rings. The van der Waals surface area contributed by atoms with Gasteiger partial charge in [0.15, 0.2) is 11.5 Å². The molecule has 1 aliphatic rings. The molecule has 0 saturated carbocycles. The molecule has 1 aliphatic heterocycles. The van der Waals surface area contributed by atoms with Gasteiger partial charge in [0.1, 0.15) is 24.3 Å². The van der Waals surface area contributed by atoms with Crippen molar-refractivity contribution >= 4 is 46.5 Å². The molecule has 16 heteroatoms. The summed E-state index contributed by atoms with van der Waals surface area (Å²) in [5.74, 6) is -7.92. The number of rotatable bonds is 9. The number of carboxylic acid groups (broad SMARTS) is 3. The predicted octanol–water partition coefficient (Wildman–Crippen LogP) is 0.309. The molecule has 14 nitrogen and oxygen atoms in total. The molecule has 0 unspecified atom stereocenters. The molecule has 3 atom stereocenters. The number of carboxylic acids is 3. The number of aliphatic hydroxyl groups excluding tert-OH is 1. The van der Waals surface area contributed by atoms with Gasteiger partial charge in [-0.2, -0.15) is 9.97 Å². The smallest absolute Gasteiger partial charge is 0.348 e. The summed E-state index contributed by atoms with van der Waals surface area (Å²) >= 11 is 5.80. The third-order valence-electron chi connectivity index (χ3n) is 5.91. The van der Waals surface area contributed by atoms with Crippen LogP contribution in [0.4, 0.5) is 10.2 Å². The Labute approximate surface area is 211 Å². The molecule has 6 N–H and O–H groups in total. The van der Waals surface area contributed by atoms with Crippen molar-refractivity contribution in [3.63, 3.8) is 0 Å². The molecule has 0 spiro atoms.